The van der Waals surface area contributed by atoms with Crippen molar-refractivity contribution in [1.82, 2.24) is 0 Å². The normalized spacial score (nSPS) is 42.7. The van der Waals surface area contributed by atoms with Crippen molar-refractivity contribution in [2.24, 2.45) is 23.7 Å². The molecule has 22 heavy (non-hydrogen) atoms. The van der Waals surface area contributed by atoms with E-state index >= 15 is 0 Å². The van der Waals surface area contributed by atoms with Crippen LogP contribution >= 0.6 is 0 Å². The lowest BCUT2D eigenvalue weighted by Crippen LogP contribution is -2.49. The second-order valence-electron chi connectivity index (χ2n) is 7.24. The van der Waals surface area contributed by atoms with Crippen molar-refractivity contribution in [3.05, 3.63) is 0 Å². The molecular formula is C18H36F2O2. The molecule has 0 bridgehead atoms. The Hall–Kier alpha value is -0.220. The van der Waals surface area contributed by atoms with Crippen LogP contribution in [0.1, 0.15) is 67.1 Å². The van der Waals surface area contributed by atoms with E-state index in [4.69, 9.17) is 4.74 Å². The number of alkyl halides is 2. The van der Waals surface area contributed by atoms with Crippen LogP contribution in [0.5, 0.6) is 0 Å². The Labute approximate surface area is 135 Å². The molecule has 0 aliphatic heterocycles. The average molecular weight is 322 g/mol. The van der Waals surface area contributed by atoms with Crippen LogP contribution in [-0.2, 0) is 4.74 Å². The molecule has 0 amide bonds. The van der Waals surface area contributed by atoms with Gasteiger partial charge in [-0.1, -0.05) is 39.5 Å². The molecule has 5 atom stereocenters. The van der Waals surface area contributed by atoms with Crippen LogP contribution in [0.15, 0.2) is 0 Å². The number of hydrogen-bond acceptors (Lipinski definition) is 1. The molecule has 0 heterocycles. The van der Waals surface area contributed by atoms with E-state index in [0.29, 0.717) is 18.9 Å². The number of hydrogen-bond donors (Lipinski definition) is 0. The summed E-state index contributed by atoms with van der Waals surface area (Å²) in [5.74, 6) is 1.33. The summed E-state index contributed by atoms with van der Waals surface area (Å²) in [5, 5.41) is 0. The van der Waals surface area contributed by atoms with Gasteiger partial charge in [-0.15, -0.1) is 0 Å². The first-order valence-electron chi connectivity index (χ1n) is 8.98. The van der Waals surface area contributed by atoms with Gasteiger partial charge in [-0.3, -0.25) is 0 Å². The predicted octanol–water partition coefficient (Wildman–Crippen LogP) is 4.75. The van der Waals surface area contributed by atoms with Gasteiger partial charge >= 0.3 is 0 Å². The Balaban J connectivity index is 0.00000242. The highest BCUT2D eigenvalue weighted by atomic mass is 19.2. The van der Waals surface area contributed by atoms with Gasteiger partial charge in [-0.05, 0) is 49.9 Å². The topological polar surface area (TPSA) is 40.7 Å². The third kappa shape index (κ3) is 4.41. The van der Waals surface area contributed by atoms with Crippen LogP contribution in [0, 0.1) is 23.7 Å². The van der Waals surface area contributed by atoms with Gasteiger partial charge in [0, 0.05) is 8.03 Å². The Kier molecular flexibility index (Phi) is 8.26. The van der Waals surface area contributed by atoms with Crippen molar-refractivity contribution in [2.45, 2.75) is 84.2 Å². The van der Waals surface area contributed by atoms with Crippen molar-refractivity contribution >= 4 is 0 Å². The van der Waals surface area contributed by atoms with Crippen LogP contribution in [-0.4, -0.2) is 30.5 Å². The molecule has 2 nitrogen and oxygen atoms in total. The maximum absolute atomic E-state index is 14.6. The summed E-state index contributed by atoms with van der Waals surface area (Å²) in [7, 11) is 0. The van der Waals surface area contributed by atoms with Crippen molar-refractivity contribution in [3.8, 4) is 0 Å². The fourth-order valence-corrected chi connectivity index (χ4v) is 4.75. The number of halogens is 2. The largest absolute Gasteiger partial charge is 0.412 e. The minimum atomic E-state index is -1.43. The zero-order chi connectivity index (χ0) is 15.4. The highest BCUT2D eigenvalue weighted by molar-refractivity contribution is 4.96. The number of rotatable bonds is 5. The molecule has 0 aromatic carbocycles. The summed E-state index contributed by atoms with van der Waals surface area (Å²) in [6.07, 6.45) is 4.51. The van der Waals surface area contributed by atoms with Gasteiger partial charge in [0.2, 0.25) is 0 Å². The third-order valence-electron chi connectivity index (χ3n) is 5.80. The van der Waals surface area contributed by atoms with Crippen LogP contribution in [0.25, 0.3) is 0 Å². The van der Waals surface area contributed by atoms with Crippen LogP contribution in [0.4, 0.5) is 8.78 Å². The van der Waals surface area contributed by atoms with Gasteiger partial charge in [0.1, 0.15) is 6.17 Å². The van der Waals surface area contributed by atoms with Gasteiger partial charge in [-0.25, -0.2) is 8.78 Å². The van der Waals surface area contributed by atoms with Crippen molar-refractivity contribution in [2.75, 3.05) is 6.61 Å². The lowest BCUT2D eigenvalue weighted by molar-refractivity contribution is -0.105. The van der Waals surface area contributed by atoms with Gasteiger partial charge in [0.25, 0.3) is 0 Å². The zero-order valence-electron chi connectivity index (χ0n) is 14.4. The average Bonchev–Trinajstić information content (AvgIpc) is 2.47. The molecule has 5 unspecified atom stereocenters. The number of ether oxygens (including phenoxy) is 1. The molecule has 2 aliphatic carbocycles. The Bertz CT molecular complexity index is 311. The Morgan fingerprint density at radius 2 is 1.68 bits per heavy atom. The molecule has 2 fully saturated rings. The summed E-state index contributed by atoms with van der Waals surface area (Å²) in [6.45, 7) is 6.64. The maximum Gasteiger partial charge on any atom is 0.157 e. The van der Waals surface area contributed by atoms with Crippen LogP contribution in [0.2, 0.25) is 0 Å². The van der Waals surface area contributed by atoms with E-state index in [-0.39, 0.29) is 18.7 Å². The van der Waals surface area contributed by atoms with E-state index in [1.54, 1.807) is 0 Å². The molecule has 0 aromatic heterocycles. The lowest BCUT2D eigenvalue weighted by Gasteiger charge is -2.44. The Morgan fingerprint density at radius 1 is 1.05 bits per heavy atom. The van der Waals surface area contributed by atoms with Gasteiger partial charge in [-0.2, -0.15) is 0 Å². The first kappa shape index (κ1) is 19.8. The minimum Gasteiger partial charge on any atom is -0.412 e. The highest BCUT2D eigenvalue weighted by Gasteiger charge is 2.47. The molecular weight excluding hydrogens is 286 g/mol. The first-order valence-corrected chi connectivity index (χ1v) is 8.98. The van der Waals surface area contributed by atoms with Gasteiger partial charge in [0.05, 0.1) is 6.10 Å². The lowest BCUT2D eigenvalue weighted by atomic mass is 9.65. The van der Waals surface area contributed by atoms with Gasteiger partial charge in [0.15, 0.2) is 6.17 Å². The quantitative estimate of drug-likeness (QED) is 0.720. The van der Waals surface area contributed by atoms with E-state index in [1.165, 1.54) is 25.7 Å². The summed E-state index contributed by atoms with van der Waals surface area (Å²) in [5.41, 5.74) is 0. The monoisotopic (exact) mass is 322 g/mol. The standard InChI is InChI=1S/C18H32F2O.H2O.H2/c1-4-6-13-7-9-14(10-8-13)16-12(3)11-15(21-5-2)17(19)18(16)20;;/h12-18H,4-11H2,1-3H3;1H2;1H. The molecule has 2 saturated carbocycles. The second-order valence-corrected chi connectivity index (χ2v) is 7.24. The van der Waals surface area contributed by atoms with Crippen molar-refractivity contribution in [3.63, 3.8) is 0 Å². The van der Waals surface area contributed by atoms with Crippen molar-refractivity contribution < 1.29 is 20.4 Å². The zero-order valence-corrected chi connectivity index (χ0v) is 14.4. The molecule has 134 valence electrons. The fourth-order valence-electron chi connectivity index (χ4n) is 4.75. The molecule has 4 heteroatoms. The Morgan fingerprint density at radius 3 is 2.23 bits per heavy atom. The van der Waals surface area contributed by atoms with E-state index in [2.05, 4.69) is 13.8 Å². The van der Waals surface area contributed by atoms with Crippen LogP contribution < -0.4 is 0 Å². The van der Waals surface area contributed by atoms with E-state index in [0.717, 1.165) is 18.8 Å². The molecule has 0 aromatic rings. The SMILES string of the molecule is CCCC1CCC(C2C(C)CC(OCC)C(F)C2F)CC1.O.[HH]. The summed E-state index contributed by atoms with van der Waals surface area (Å²) < 4.78 is 34.4. The van der Waals surface area contributed by atoms with Crippen molar-refractivity contribution in [1.29, 1.82) is 0 Å². The van der Waals surface area contributed by atoms with E-state index in [9.17, 15) is 8.78 Å². The molecule has 2 aliphatic rings. The predicted molar refractivity (Wildman–Crippen MR) is 88.6 cm³/mol. The fraction of sp³-hybridized carbons (Fsp3) is 1.00. The summed E-state index contributed by atoms with van der Waals surface area (Å²) in [6, 6.07) is 0. The molecule has 0 radical (unpaired) electrons. The summed E-state index contributed by atoms with van der Waals surface area (Å²) >= 11 is 0. The van der Waals surface area contributed by atoms with E-state index in [1.807, 2.05) is 6.92 Å². The summed E-state index contributed by atoms with van der Waals surface area (Å²) in [4.78, 5) is 0. The second kappa shape index (κ2) is 9.17. The first-order chi connectivity index (χ1) is 10.1. The smallest absolute Gasteiger partial charge is 0.157 e. The third-order valence-corrected chi connectivity index (χ3v) is 5.80. The molecule has 2 rings (SSSR count). The van der Waals surface area contributed by atoms with Crippen LogP contribution in [0.3, 0.4) is 0 Å². The minimum absolute atomic E-state index is 0. The van der Waals surface area contributed by atoms with Gasteiger partial charge < -0.3 is 10.2 Å². The highest BCUT2D eigenvalue weighted by Crippen LogP contribution is 2.45. The molecule has 2 N–H and O–H groups in total. The maximum atomic E-state index is 14.6. The van der Waals surface area contributed by atoms with E-state index < -0.39 is 18.4 Å². The molecule has 0 saturated heterocycles. The molecule has 0 spiro atoms.